The van der Waals surface area contributed by atoms with Crippen LogP contribution in [0.5, 0.6) is 5.75 Å². The number of hydrogen-bond acceptors (Lipinski definition) is 4. The average molecular weight is 234 g/mol. The monoisotopic (exact) mass is 234 g/mol. The van der Waals surface area contributed by atoms with Crippen LogP contribution in [0.3, 0.4) is 0 Å². The van der Waals surface area contributed by atoms with Gasteiger partial charge in [0, 0.05) is 6.07 Å². The molecule has 2 aromatic rings. The minimum atomic E-state index is -0.294. The van der Waals surface area contributed by atoms with Crippen LogP contribution in [0.2, 0.25) is 0 Å². The lowest BCUT2D eigenvalue weighted by molar-refractivity contribution is 0.263. The number of aromatic nitrogens is 3. The van der Waals surface area contributed by atoms with Gasteiger partial charge in [0.05, 0.1) is 30.7 Å². The summed E-state index contributed by atoms with van der Waals surface area (Å²) >= 11 is 0. The molecule has 0 fully saturated rings. The SMILES string of the molecule is Fc1ccc2c(c1)OC[C@H](Cn1nccn1)N2. The Balaban J connectivity index is 1.74. The molecule has 1 aromatic heterocycles. The van der Waals surface area contributed by atoms with Gasteiger partial charge in [0.2, 0.25) is 0 Å². The summed E-state index contributed by atoms with van der Waals surface area (Å²) in [6.45, 7) is 1.09. The average Bonchev–Trinajstić information content (AvgIpc) is 2.82. The van der Waals surface area contributed by atoms with Crippen molar-refractivity contribution >= 4 is 5.69 Å². The summed E-state index contributed by atoms with van der Waals surface area (Å²) in [5.74, 6) is 0.257. The Kier molecular flexibility index (Phi) is 2.40. The standard InChI is InChI=1S/C11H11FN4O/c12-8-1-2-10-11(5-8)17-7-9(15-10)6-16-13-3-4-14-16/h1-5,9,15H,6-7H2/t9-/m0/s1. The smallest absolute Gasteiger partial charge is 0.145 e. The molecule has 1 aliphatic heterocycles. The van der Waals surface area contributed by atoms with Crippen LogP contribution in [-0.2, 0) is 6.54 Å². The molecule has 1 aliphatic rings. The minimum absolute atomic E-state index is 0.0837. The highest BCUT2D eigenvalue weighted by atomic mass is 19.1. The number of ether oxygens (including phenoxy) is 1. The molecule has 6 heteroatoms. The minimum Gasteiger partial charge on any atom is -0.489 e. The molecular weight excluding hydrogens is 223 g/mol. The fourth-order valence-electron chi connectivity index (χ4n) is 1.82. The number of fused-ring (bicyclic) bond motifs is 1. The molecule has 0 spiro atoms. The van der Waals surface area contributed by atoms with Gasteiger partial charge in [0.15, 0.2) is 0 Å². The van der Waals surface area contributed by atoms with Crippen LogP contribution >= 0.6 is 0 Å². The van der Waals surface area contributed by atoms with E-state index < -0.39 is 0 Å². The second-order valence-corrected chi connectivity index (χ2v) is 3.88. The van der Waals surface area contributed by atoms with Crippen molar-refractivity contribution in [3.8, 4) is 5.75 Å². The van der Waals surface area contributed by atoms with E-state index in [1.54, 1.807) is 23.3 Å². The molecule has 0 bridgehead atoms. The Morgan fingerprint density at radius 2 is 2.24 bits per heavy atom. The Bertz CT molecular complexity index is 514. The van der Waals surface area contributed by atoms with Gasteiger partial charge in [-0.15, -0.1) is 0 Å². The van der Waals surface area contributed by atoms with Crippen LogP contribution in [0.15, 0.2) is 30.6 Å². The van der Waals surface area contributed by atoms with Crippen molar-refractivity contribution in [3.63, 3.8) is 0 Å². The third-order valence-electron chi connectivity index (χ3n) is 2.59. The van der Waals surface area contributed by atoms with Crippen molar-refractivity contribution in [2.75, 3.05) is 11.9 Å². The van der Waals surface area contributed by atoms with E-state index in [9.17, 15) is 4.39 Å². The summed E-state index contributed by atoms with van der Waals surface area (Å²) in [6, 6.07) is 4.54. The normalized spacial score (nSPS) is 18.1. The summed E-state index contributed by atoms with van der Waals surface area (Å²) in [5, 5.41) is 11.3. The molecule has 0 saturated heterocycles. The molecule has 0 aliphatic carbocycles. The predicted octanol–water partition coefficient (Wildman–Crippen LogP) is 1.29. The van der Waals surface area contributed by atoms with Crippen LogP contribution in [-0.4, -0.2) is 27.6 Å². The first kappa shape index (κ1) is 10.1. The summed E-state index contributed by atoms with van der Waals surface area (Å²) in [5.41, 5.74) is 0.801. The molecule has 2 heterocycles. The van der Waals surface area contributed by atoms with Gasteiger partial charge < -0.3 is 10.1 Å². The molecule has 1 atom stereocenters. The van der Waals surface area contributed by atoms with Crippen molar-refractivity contribution in [3.05, 3.63) is 36.4 Å². The van der Waals surface area contributed by atoms with E-state index >= 15 is 0 Å². The number of benzene rings is 1. The first-order chi connectivity index (χ1) is 8.31. The molecular formula is C11H11FN4O. The molecule has 0 unspecified atom stereocenters. The molecule has 1 aromatic carbocycles. The first-order valence-corrected chi connectivity index (χ1v) is 5.34. The van der Waals surface area contributed by atoms with Crippen molar-refractivity contribution < 1.29 is 9.13 Å². The van der Waals surface area contributed by atoms with Crippen LogP contribution in [0.4, 0.5) is 10.1 Å². The van der Waals surface area contributed by atoms with Crippen LogP contribution < -0.4 is 10.1 Å². The Morgan fingerprint density at radius 3 is 3.06 bits per heavy atom. The highest BCUT2D eigenvalue weighted by Gasteiger charge is 2.19. The lowest BCUT2D eigenvalue weighted by atomic mass is 10.2. The highest BCUT2D eigenvalue weighted by molar-refractivity contribution is 5.58. The number of halogens is 1. The maximum atomic E-state index is 13.0. The van der Waals surface area contributed by atoms with Crippen LogP contribution in [0, 0.1) is 5.82 Å². The van der Waals surface area contributed by atoms with E-state index in [1.165, 1.54) is 12.1 Å². The molecule has 5 nitrogen and oxygen atoms in total. The summed E-state index contributed by atoms with van der Waals surface area (Å²) < 4.78 is 18.5. The van der Waals surface area contributed by atoms with E-state index in [0.717, 1.165) is 5.69 Å². The molecule has 0 radical (unpaired) electrons. The van der Waals surface area contributed by atoms with Gasteiger partial charge in [-0.05, 0) is 12.1 Å². The molecule has 88 valence electrons. The zero-order valence-corrected chi connectivity index (χ0v) is 9.01. The van der Waals surface area contributed by atoms with E-state index in [4.69, 9.17) is 4.74 Å². The quantitative estimate of drug-likeness (QED) is 0.850. The van der Waals surface area contributed by atoms with Gasteiger partial charge in [0.25, 0.3) is 0 Å². The molecule has 0 amide bonds. The topological polar surface area (TPSA) is 52.0 Å². The lowest BCUT2D eigenvalue weighted by Gasteiger charge is -2.26. The number of anilines is 1. The predicted molar refractivity (Wildman–Crippen MR) is 59.3 cm³/mol. The van der Waals surface area contributed by atoms with Crippen LogP contribution in [0.1, 0.15) is 0 Å². The summed E-state index contributed by atoms with van der Waals surface area (Å²) in [7, 11) is 0. The molecule has 0 saturated carbocycles. The summed E-state index contributed by atoms with van der Waals surface area (Å²) in [6.07, 6.45) is 3.26. The third-order valence-corrected chi connectivity index (χ3v) is 2.59. The van der Waals surface area contributed by atoms with Crippen molar-refractivity contribution in [2.24, 2.45) is 0 Å². The van der Waals surface area contributed by atoms with Crippen LogP contribution in [0.25, 0.3) is 0 Å². The van der Waals surface area contributed by atoms with Gasteiger partial charge in [-0.2, -0.15) is 15.0 Å². The summed E-state index contributed by atoms with van der Waals surface area (Å²) in [4.78, 5) is 1.59. The highest BCUT2D eigenvalue weighted by Crippen LogP contribution is 2.29. The largest absolute Gasteiger partial charge is 0.489 e. The van der Waals surface area contributed by atoms with Gasteiger partial charge in [0.1, 0.15) is 18.2 Å². The van der Waals surface area contributed by atoms with Gasteiger partial charge in [-0.25, -0.2) is 4.39 Å². The first-order valence-electron chi connectivity index (χ1n) is 5.34. The second-order valence-electron chi connectivity index (χ2n) is 3.88. The zero-order chi connectivity index (χ0) is 11.7. The van der Waals surface area contributed by atoms with Crippen molar-refractivity contribution in [1.29, 1.82) is 0 Å². The fraction of sp³-hybridized carbons (Fsp3) is 0.273. The Hall–Kier alpha value is -2.11. The molecule has 1 N–H and O–H groups in total. The third kappa shape index (κ3) is 2.06. The molecule has 17 heavy (non-hydrogen) atoms. The number of hydrogen-bond donors (Lipinski definition) is 1. The van der Waals surface area contributed by atoms with Gasteiger partial charge >= 0.3 is 0 Å². The Morgan fingerprint density at radius 1 is 1.41 bits per heavy atom. The fourth-order valence-corrected chi connectivity index (χ4v) is 1.82. The zero-order valence-electron chi connectivity index (χ0n) is 9.01. The van der Waals surface area contributed by atoms with E-state index in [1.807, 2.05) is 0 Å². The van der Waals surface area contributed by atoms with E-state index in [-0.39, 0.29) is 11.9 Å². The van der Waals surface area contributed by atoms with Crippen molar-refractivity contribution in [2.45, 2.75) is 12.6 Å². The molecule has 3 rings (SSSR count). The maximum absolute atomic E-state index is 13.0. The van der Waals surface area contributed by atoms with E-state index in [2.05, 4.69) is 15.5 Å². The Labute approximate surface area is 97.2 Å². The number of nitrogens with zero attached hydrogens (tertiary/aromatic N) is 3. The maximum Gasteiger partial charge on any atom is 0.145 e. The second kappa shape index (κ2) is 4.04. The van der Waals surface area contributed by atoms with Gasteiger partial charge in [-0.1, -0.05) is 0 Å². The van der Waals surface area contributed by atoms with Gasteiger partial charge in [-0.3, -0.25) is 0 Å². The number of rotatable bonds is 2. The van der Waals surface area contributed by atoms with E-state index in [0.29, 0.717) is 18.9 Å². The number of nitrogens with one attached hydrogen (secondary N) is 1. The van der Waals surface area contributed by atoms with Crippen molar-refractivity contribution in [1.82, 2.24) is 15.0 Å². The lowest BCUT2D eigenvalue weighted by Crippen LogP contribution is -2.35.